The van der Waals surface area contributed by atoms with Crippen LogP contribution in [0.2, 0.25) is 0 Å². The smallest absolute Gasteiger partial charge is 0.250 e. The van der Waals surface area contributed by atoms with E-state index in [-0.39, 0.29) is 0 Å². The Balaban J connectivity index is 1.59. The molecule has 0 spiro atoms. The zero-order valence-corrected chi connectivity index (χ0v) is 16.1. The maximum Gasteiger partial charge on any atom is 0.250 e. The van der Waals surface area contributed by atoms with Crippen LogP contribution in [0.4, 0.5) is 17.8 Å². The molecule has 9 nitrogen and oxygen atoms in total. The van der Waals surface area contributed by atoms with Gasteiger partial charge in [0.1, 0.15) is 0 Å². The van der Waals surface area contributed by atoms with Crippen molar-refractivity contribution >= 4 is 34.9 Å². The van der Waals surface area contributed by atoms with Crippen molar-refractivity contribution in [2.45, 2.75) is 6.92 Å². The maximum atomic E-state index is 5.44. The highest BCUT2D eigenvalue weighted by Gasteiger charge is 2.20. The highest BCUT2D eigenvalue weighted by Crippen LogP contribution is 2.19. The molecule has 27 heavy (non-hydrogen) atoms. The SMILES string of the molecule is C/C(=N\Nc1nc(N2CCOCC2)nc(N2CCOCC2)n1)c1cccs1. The average molecular weight is 389 g/mol. The fourth-order valence-corrected chi connectivity index (χ4v) is 3.56. The number of anilines is 3. The van der Waals surface area contributed by atoms with Gasteiger partial charge in [-0.1, -0.05) is 6.07 Å². The predicted octanol–water partition coefficient (Wildman–Crippen LogP) is 1.44. The summed E-state index contributed by atoms with van der Waals surface area (Å²) in [6, 6.07) is 4.05. The third-order valence-electron chi connectivity index (χ3n) is 4.40. The van der Waals surface area contributed by atoms with E-state index < -0.39 is 0 Å². The second kappa shape index (κ2) is 8.59. The van der Waals surface area contributed by atoms with Gasteiger partial charge in [0.25, 0.3) is 0 Å². The molecule has 2 aromatic rings. The minimum atomic E-state index is 0.448. The highest BCUT2D eigenvalue weighted by atomic mass is 32.1. The van der Waals surface area contributed by atoms with Crippen LogP contribution in [0.5, 0.6) is 0 Å². The molecule has 144 valence electrons. The van der Waals surface area contributed by atoms with Crippen molar-refractivity contribution in [2.75, 3.05) is 67.8 Å². The minimum Gasteiger partial charge on any atom is -0.378 e. The first-order valence-electron chi connectivity index (χ1n) is 9.05. The van der Waals surface area contributed by atoms with E-state index in [0.29, 0.717) is 44.3 Å². The van der Waals surface area contributed by atoms with E-state index in [2.05, 4.69) is 35.3 Å². The van der Waals surface area contributed by atoms with Crippen molar-refractivity contribution in [2.24, 2.45) is 5.10 Å². The molecule has 0 atom stereocenters. The number of nitrogens with zero attached hydrogens (tertiary/aromatic N) is 6. The molecule has 0 unspecified atom stereocenters. The van der Waals surface area contributed by atoms with Crippen molar-refractivity contribution in [3.8, 4) is 0 Å². The first-order chi connectivity index (χ1) is 13.3. The van der Waals surface area contributed by atoms with Gasteiger partial charge in [-0.05, 0) is 18.4 Å². The molecule has 10 heteroatoms. The van der Waals surface area contributed by atoms with Gasteiger partial charge in [-0.25, -0.2) is 5.43 Å². The van der Waals surface area contributed by atoms with Gasteiger partial charge in [-0.3, -0.25) is 0 Å². The number of thiophene rings is 1. The van der Waals surface area contributed by atoms with Crippen LogP contribution in [0.1, 0.15) is 11.8 Å². The number of hydrogen-bond donors (Lipinski definition) is 1. The third kappa shape index (κ3) is 4.52. The first kappa shape index (κ1) is 18.1. The number of ether oxygens (including phenoxy) is 2. The van der Waals surface area contributed by atoms with E-state index in [1.165, 1.54) is 0 Å². The van der Waals surface area contributed by atoms with Gasteiger partial charge in [0.2, 0.25) is 17.8 Å². The molecule has 2 fully saturated rings. The summed E-state index contributed by atoms with van der Waals surface area (Å²) in [5.41, 5.74) is 3.90. The Bertz CT molecular complexity index is 735. The fourth-order valence-electron chi connectivity index (χ4n) is 2.89. The van der Waals surface area contributed by atoms with Gasteiger partial charge in [0.15, 0.2) is 0 Å². The van der Waals surface area contributed by atoms with E-state index in [4.69, 9.17) is 9.47 Å². The second-order valence-corrected chi connectivity index (χ2v) is 7.19. The van der Waals surface area contributed by atoms with E-state index in [1.807, 2.05) is 24.4 Å². The molecule has 0 aliphatic carbocycles. The van der Waals surface area contributed by atoms with Crippen LogP contribution in [-0.2, 0) is 9.47 Å². The van der Waals surface area contributed by atoms with Crippen LogP contribution in [0.25, 0.3) is 0 Å². The summed E-state index contributed by atoms with van der Waals surface area (Å²) in [5.74, 6) is 1.76. The Morgan fingerprint density at radius 2 is 1.59 bits per heavy atom. The van der Waals surface area contributed by atoms with Gasteiger partial charge < -0.3 is 19.3 Å². The molecule has 2 aliphatic heterocycles. The molecule has 4 rings (SSSR count). The van der Waals surface area contributed by atoms with Crippen molar-refractivity contribution in [3.05, 3.63) is 22.4 Å². The lowest BCUT2D eigenvalue weighted by Gasteiger charge is -2.30. The summed E-state index contributed by atoms with van der Waals surface area (Å²) >= 11 is 1.65. The van der Waals surface area contributed by atoms with E-state index in [1.54, 1.807) is 11.3 Å². The topological polar surface area (TPSA) is 88.0 Å². The molecule has 0 bridgehead atoms. The van der Waals surface area contributed by atoms with Crippen LogP contribution in [0.3, 0.4) is 0 Å². The van der Waals surface area contributed by atoms with Crippen LogP contribution < -0.4 is 15.2 Å². The molecular weight excluding hydrogens is 366 g/mol. The number of nitrogens with one attached hydrogen (secondary N) is 1. The largest absolute Gasteiger partial charge is 0.378 e. The molecule has 2 aliphatic rings. The van der Waals surface area contributed by atoms with Crippen LogP contribution in [0.15, 0.2) is 22.6 Å². The van der Waals surface area contributed by atoms with Crippen molar-refractivity contribution < 1.29 is 9.47 Å². The average Bonchev–Trinajstić information content (AvgIpc) is 3.28. The van der Waals surface area contributed by atoms with Crippen LogP contribution in [0, 0.1) is 0 Å². The molecule has 4 heterocycles. The molecule has 0 saturated carbocycles. The standard InChI is InChI=1S/C17H23N7O2S/c1-13(14-3-2-12-27-14)21-22-15-18-16(23-4-8-25-9-5-23)20-17(19-15)24-6-10-26-11-7-24/h2-3,12H,4-11H2,1H3,(H,18,19,20,22)/b21-13+. The van der Waals surface area contributed by atoms with Crippen molar-refractivity contribution in [1.82, 2.24) is 15.0 Å². The monoisotopic (exact) mass is 389 g/mol. The summed E-state index contributed by atoms with van der Waals surface area (Å²) in [7, 11) is 0. The molecular formula is C17H23N7O2S. The van der Waals surface area contributed by atoms with Crippen LogP contribution >= 0.6 is 11.3 Å². The van der Waals surface area contributed by atoms with Crippen molar-refractivity contribution in [3.63, 3.8) is 0 Å². The predicted molar refractivity (Wildman–Crippen MR) is 106 cm³/mol. The number of hydrazone groups is 1. The number of rotatable bonds is 5. The summed E-state index contributed by atoms with van der Waals surface area (Å²) < 4.78 is 10.9. The quantitative estimate of drug-likeness (QED) is 0.607. The Labute approximate surface area is 162 Å². The number of hydrogen-bond acceptors (Lipinski definition) is 10. The van der Waals surface area contributed by atoms with Gasteiger partial charge in [0.05, 0.1) is 32.1 Å². The Kier molecular flexibility index (Phi) is 5.75. The minimum absolute atomic E-state index is 0.448. The fraction of sp³-hybridized carbons (Fsp3) is 0.529. The highest BCUT2D eigenvalue weighted by molar-refractivity contribution is 7.12. The summed E-state index contributed by atoms with van der Waals surface area (Å²) in [5, 5.41) is 6.48. The lowest BCUT2D eigenvalue weighted by atomic mass is 10.3. The van der Waals surface area contributed by atoms with Gasteiger partial charge in [-0.15, -0.1) is 11.3 Å². The Morgan fingerprint density at radius 1 is 1.00 bits per heavy atom. The number of aromatic nitrogens is 3. The molecule has 0 aromatic carbocycles. The molecule has 2 saturated heterocycles. The number of morpholine rings is 2. The molecule has 1 N–H and O–H groups in total. The lowest BCUT2D eigenvalue weighted by molar-refractivity contribution is 0.121. The van der Waals surface area contributed by atoms with Gasteiger partial charge >= 0.3 is 0 Å². The Morgan fingerprint density at radius 3 is 2.11 bits per heavy atom. The van der Waals surface area contributed by atoms with Gasteiger partial charge in [-0.2, -0.15) is 20.1 Å². The van der Waals surface area contributed by atoms with Gasteiger partial charge in [0, 0.05) is 31.1 Å². The van der Waals surface area contributed by atoms with E-state index in [9.17, 15) is 0 Å². The first-order valence-corrected chi connectivity index (χ1v) is 9.93. The Hall–Kier alpha value is -2.30. The summed E-state index contributed by atoms with van der Waals surface area (Å²) in [6.45, 7) is 7.74. The van der Waals surface area contributed by atoms with Crippen LogP contribution in [-0.4, -0.2) is 73.3 Å². The molecule has 2 aromatic heterocycles. The van der Waals surface area contributed by atoms with Crippen molar-refractivity contribution in [1.29, 1.82) is 0 Å². The summed E-state index contributed by atoms with van der Waals surface area (Å²) in [6.07, 6.45) is 0. The molecule has 0 amide bonds. The van der Waals surface area contributed by atoms with E-state index in [0.717, 1.165) is 36.8 Å². The second-order valence-electron chi connectivity index (χ2n) is 6.24. The summed E-state index contributed by atoms with van der Waals surface area (Å²) in [4.78, 5) is 19.2. The molecule has 0 radical (unpaired) electrons. The lowest BCUT2D eigenvalue weighted by Crippen LogP contribution is -2.40. The zero-order valence-electron chi connectivity index (χ0n) is 15.3. The van der Waals surface area contributed by atoms with E-state index >= 15 is 0 Å². The maximum absolute atomic E-state index is 5.44. The zero-order chi connectivity index (χ0) is 18.5. The third-order valence-corrected chi connectivity index (χ3v) is 5.38. The normalized spacial score (nSPS) is 18.6.